The van der Waals surface area contributed by atoms with Crippen LogP contribution < -0.4 is 5.32 Å². The average Bonchev–Trinajstić information content (AvgIpc) is 2.63. The van der Waals surface area contributed by atoms with Crippen molar-refractivity contribution >= 4 is 26.0 Å². The van der Waals surface area contributed by atoms with Crippen LogP contribution in [0.5, 0.6) is 0 Å². The number of hydrogen-bond acceptors (Lipinski definition) is 6. The quantitative estimate of drug-likeness (QED) is 0.206. The van der Waals surface area contributed by atoms with Gasteiger partial charge in [0.2, 0.25) is 5.91 Å². The molecule has 2 aliphatic rings. The van der Waals surface area contributed by atoms with Gasteiger partial charge in [0.25, 0.3) is 0 Å². The van der Waals surface area contributed by atoms with Crippen molar-refractivity contribution in [2.75, 3.05) is 13.7 Å². The highest BCUT2D eigenvalue weighted by Crippen LogP contribution is 2.46. The summed E-state index contributed by atoms with van der Waals surface area (Å²) >= 11 is 0. The lowest BCUT2D eigenvalue weighted by atomic mass is 9.60. The van der Waals surface area contributed by atoms with E-state index < -0.39 is 43.9 Å². The molecule has 1 N–H and O–H groups in total. The fourth-order valence-electron chi connectivity index (χ4n) is 4.26. The monoisotopic (exact) mass is 439 g/mol. The van der Waals surface area contributed by atoms with Crippen molar-refractivity contribution < 1.29 is 28.3 Å². The van der Waals surface area contributed by atoms with Gasteiger partial charge in [-0.15, -0.1) is 0 Å². The summed E-state index contributed by atoms with van der Waals surface area (Å²) in [6.07, 6.45) is 1.84. The van der Waals surface area contributed by atoms with Gasteiger partial charge in [-0.05, 0) is 44.3 Å². The van der Waals surface area contributed by atoms with Crippen LogP contribution in [0.15, 0.2) is 12.7 Å². The van der Waals surface area contributed by atoms with Gasteiger partial charge in [0.05, 0.1) is 18.1 Å². The van der Waals surface area contributed by atoms with Crippen LogP contribution in [-0.4, -0.2) is 57.9 Å². The number of Topliss-reactive ketones (excluding diaryl/α,β-unsaturated/α-hetero) is 1. The second kappa shape index (κ2) is 8.92. The summed E-state index contributed by atoms with van der Waals surface area (Å²) < 4.78 is 17.2. The maximum absolute atomic E-state index is 13.4. The van der Waals surface area contributed by atoms with Gasteiger partial charge in [0.1, 0.15) is 18.1 Å². The number of hydrogen-bond donors (Lipinski definition) is 1. The Balaban J connectivity index is 2.38. The largest absolute Gasteiger partial charge is 0.461 e. The second-order valence-corrected chi connectivity index (χ2v) is 14.7. The maximum atomic E-state index is 13.4. The van der Waals surface area contributed by atoms with Crippen LogP contribution in [0, 0.1) is 11.3 Å². The van der Waals surface area contributed by atoms with Gasteiger partial charge in [0.15, 0.2) is 14.1 Å². The van der Waals surface area contributed by atoms with Crippen molar-refractivity contribution in [3.8, 4) is 0 Å². The van der Waals surface area contributed by atoms with E-state index in [1.54, 1.807) is 0 Å². The normalized spacial score (nSPS) is 30.8. The zero-order chi connectivity index (χ0) is 22.9. The van der Waals surface area contributed by atoms with Crippen LogP contribution in [0.25, 0.3) is 0 Å². The molecule has 1 amide bonds. The van der Waals surface area contributed by atoms with Gasteiger partial charge in [-0.3, -0.25) is 14.4 Å². The van der Waals surface area contributed by atoms with Crippen molar-refractivity contribution in [2.24, 2.45) is 11.3 Å². The molecule has 0 bridgehead atoms. The molecule has 1 saturated carbocycles. The highest BCUT2D eigenvalue weighted by molar-refractivity contribution is 6.74. The minimum Gasteiger partial charge on any atom is -0.461 e. The number of ether oxygens (including phenoxy) is 2. The molecule has 30 heavy (non-hydrogen) atoms. The van der Waals surface area contributed by atoms with Gasteiger partial charge in [-0.25, -0.2) is 0 Å². The highest BCUT2D eigenvalue weighted by Gasteiger charge is 2.65. The summed E-state index contributed by atoms with van der Waals surface area (Å²) in [4.78, 5) is 39.2. The molecule has 0 aromatic carbocycles. The Hall–Kier alpha value is -1.51. The molecule has 1 aliphatic carbocycles. The molecule has 0 radical (unpaired) electrons. The lowest BCUT2D eigenvalue weighted by molar-refractivity contribution is -0.177. The summed E-state index contributed by atoms with van der Waals surface area (Å²) in [5.74, 6) is -1.74. The van der Waals surface area contributed by atoms with Crippen LogP contribution in [0.2, 0.25) is 18.1 Å². The number of nitrogens with one attached hydrogen (secondary N) is 1. The number of β-lactam (4-membered cyclic amide) rings is 1. The van der Waals surface area contributed by atoms with Crippen molar-refractivity contribution in [1.29, 1.82) is 0 Å². The number of rotatable bonds is 8. The van der Waals surface area contributed by atoms with E-state index >= 15 is 0 Å². The second-order valence-electron chi connectivity index (χ2n) is 9.93. The molecular formula is C22H37NO6Si. The van der Waals surface area contributed by atoms with E-state index in [2.05, 4.69) is 45.8 Å². The molecule has 2 unspecified atom stereocenters. The molecule has 1 heterocycles. The standard InChI is InChI=1S/C22H37NO6Si/c1-9-13-28-20(26)22(12-10-11-15(27-6)18(22)24)17-16(19(25)23-17)14(2)29-30(7,8)21(3,4)5/h9,14-17H,1,10-13H2,2-8H3,(H,23,25)/t14-,15?,16-,17-,22?/m1/s1. The minimum atomic E-state index is -2.15. The first-order valence-electron chi connectivity index (χ1n) is 10.7. The molecule has 0 aromatic heterocycles. The van der Waals surface area contributed by atoms with Gasteiger partial charge < -0.3 is 19.2 Å². The molecule has 1 saturated heterocycles. The number of esters is 1. The Morgan fingerprint density at radius 1 is 1.37 bits per heavy atom. The third kappa shape index (κ3) is 4.27. The Kier molecular flexibility index (Phi) is 7.36. The predicted molar refractivity (Wildman–Crippen MR) is 116 cm³/mol. The number of ketones is 1. The molecule has 7 nitrogen and oxygen atoms in total. The third-order valence-corrected chi connectivity index (χ3v) is 11.6. The first kappa shape index (κ1) is 24.8. The lowest BCUT2D eigenvalue weighted by Crippen LogP contribution is -2.74. The zero-order valence-corrected chi connectivity index (χ0v) is 20.4. The van der Waals surface area contributed by atoms with Crippen molar-refractivity contribution in [2.45, 2.75) is 83.3 Å². The minimum absolute atomic E-state index is 0.00681. The van der Waals surface area contributed by atoms with Crippen molar-refractivity contribution in [3.05, 3.63) is 12.7 Å². The Morgan fingerprint density at radius 3 is 2.50 bits per heavy atom. The average molecular weight is 440 g/mol. The molecule has 1 aliphatic heterocycles. The Bertz CT molecular complexity index is 700. The molecule has 5 atom stereocenters. The van der Waals surface area contributed by atoms with Crippen molar-refractivity contribution in [3.63, 3.8) is 0 Å². The third-order valence-electron chi connectivity index (χ3n) is 7.03. The van der Waals surface area contributed by atoms with Crippen molar-refractivity contribution in [1.82, 2.24) is 5.32 Å². The fourth-order valence-corrected chi connectivity index (χ4v) is 5.69. The van der Waals surface area contributed by atoms with E-state index in [0.717, 1.165) is 0 Å². The molecular weight excluding hydrogens is 402 g/mol. The van der Waals surface area contributed by atoms with E-state index in [-0.39, 0.29) is 23.3 Å². The molecule has 0 spiro atoms. The smallest absolute Gasteiger partial charge is 0.322 e. The topological polar surface area (TPSA) is 90.9 Å². The number of amides is 1. The molecule has 170 valence electrons. The van der Waals surface area contributed by atoms with E-state index in [0.29, 0.717) is 19.3 Å². The molecule has 2 fully saturated rings. The van der Waals surface area contributed by atoms with Crippen LogP contribution >= 0.6 is 0 Å². The summed E-state index contributed by atoms with van der Waals surface area (Å²) in [5, 5.41) is 2.81. The molecule has 2 rings (SSSR count). The molecule has 0 aromatic rings. The Labute approximate surface area is 181 Å². The SMILES string of the molecule is C=CCOC(=O)C1([C@@H]2NC(=O)[C@@H]2[C@@H](C)O[Si](C)(C)C(C)(C)C)CCCC(OC)C1=O. The summed E-state index contributed by atoms with van der Waals surface area (Å²) in [7, 11) is -0.685. The van der Waals surface area contributed by atoms with E-state index in [4.69, 9.17) is 13.9 Å². The first-order chi connectivity index (χ1) is 13.8. The highest BCUT2D eigenvalue weighted by atomic mass is 28.4. The Morgan fingerprint density at radius 2 is 2.00 bits per heavy atom. The van der Waals surface area contributed by atoms with Gasteiger partial charge in [-0.1, -0.05) is 33.4 Å². The molecule has 8 heteroatoms. The first-order valence-corrected chi connectivity index (χ1v) is 13.6. The van der Waals surface area contributed by atoms with Crippen LogP contribution in [0.1, 0.15) is 47.0 Å². The summed E-state index contributed by atoms with van der Waals surface area (Å²) in [6, 6.07) is -0.674. The van der Waals surface area contributed by atoms with Gasteiger partial charge in [0, 0.05) is 7.11 Å². The van der Waals surface area contributed by atoms with E-state index in [9.17, 15) is 14.4 Å². The number of carbonyl (C=O) groups excluding carboxylic acids is 3. The summed E-state index contributed by atoms with van der Waals surface area (Å²) in [6.45, 7) is 16.1. The predicted octanol–water partition coefficient (Wildman–Crippen LogP) is 2.99. The van der Waals surface area contributed by atoms with Crippen LogP contribution in [0.3, 0.4) is 0 Å². The lowest BCUT2D eigenvalue weighted by Gasteiger charge is -2.52. The number of methoxy groups -OCH3 is 1. The van der Waals surface area contributed by atoms with Crippen LogP contribution in [0.4, 0.5) is 0 Å². The zero-order valence-electron chi connectivity index (χ0n) is 19.4. The maximum Gasteiger partial charge on any atom is 0.322 e. The summed E-state index contributed by atoms with van der Waals surface area (Å²) in [5.41, 5.74) is -1.47. The van der Waals surface area contributed by atoms with E-state index in [1.807, 2.05) is 6.92 Å². The van der Waals surface area contributed by atoms with Crippen LogP contribution in [-0.2, 0) is 28.3 Å². The fraction of sp³-hybridized carbons (Fsp3) is 0.773. The number of carbonyl (C=O) groups is 3. The van der Waals surface area contributed by atoms with Gasteiger partial charge in [-0.2, -0.15) is 0 Å². The van der Waals surface area contributed by atoms with E-state index in [1.165, 1.54) is 13.2 Å². The van der Waals surface area contributed by atoms with Gasteiger partial charge >= 0.3 is 5.97 Å².